The number of rotatable bonds is 11. The number of hydrogen-bond acceptors (Lipinski definition) is 6. The van der Waals surface area contributed by atoms with Crippen LogP contribution in [0, 0.1) is 11.8 Å². The summed E-state index contributed by atoms with van der Waals surface area (Å²) in [5.74, 6) is -1.85. The third-order valence-corrected chi connectivity index (χ3v) is 9.07. The molecule has 3 aliphatic heterocycles. The molecule has 32 heavy (non-hydrogen) atoms. The summed E-state index contributed by atoms with van der Waals surface area (Å²) < 4.78 is 4.82. The molecule has 2 unspecified atom stereocenters. The second-order valence-electron chi connectivity index (χ2n) is 9.16. The molecule has 0 aromatic rings. The second kappa shape index (κ2) is 10.00. The highest BCUT2D eigenvalue weighted by atomic mass is 32.2. The molecule has 0 radical (unpaired) electrons. The van der Waals surface area contributed by atoms with Crippen molar-refractivity contribution in [3.8, 4) is 0 Å². The lowest BCUT2D eigenvalue weighted by Gasteiger charge is -2.40. The molecule has 3 fully saturated rings. The molecule has 6 atom stereocenters. The molecule has 0 saturated carbocycles. The molecule has 3 saturated heterocycles. The number of carbonyl (C=O) groups is 3. The zero-order valence-corrected chi connectivity index (χ0v) is 20.2. The highest BCUT2D eigenvalue weighted by molar-refractivity contribution is 8.02. The van der Waals surface area contributed by atoms with Crippen LogP contribution in [0.1, 0.15) is 46.5 Å². The van der Waals surface area contributed by atoms with Gasteiger partial charge in [-0.2, -0.15) is 0 Å². The third kappa shape index (κ3) is 3.89. The molecule has 0 aliphatic carbocycles. The van der Waals surface area contributed by atoms with Crippen LogP contribution in [0.15, 0.2) is 25.3 Å². The van der Waals surface area contributed by atoms with Gasteiger partial charge in [-0.05, 0) is 39.5 Å². The average Bonchev–Trinajstić information content (AvgIpc) is 3.40. The third-order valence-electron chi connectivity index (χ3n) is 7.12. The minimum Gasteiger partial charge on any atom is -0.465 e. The summed E-state index contributed by atoms with van der Waals surface area (Å²) in [6.45, 7) is 13.6. The number of carbonyl (C=O) groups excluding carboxylic acids is 3. The van der Waals surface area contributed by atoms with Crippen LogP contribution in [0.5, 0.6) is 0 Å². The van der Waals surface area contributed by atoms with Crippen LogP contribution >= 0.6 is 11.8 Å². The van der Waals surface area contributed by atoms with Crippen molar-refractivity contribution in [3.63, 3.8) is 0 Å². The second-order valence-corrected chi connectivity index (χ2v) is 10.8. The zero-order chi connectivity index (χ0) is 23.6. The van der Waals surface area contributed by atoms with E-state index >= 15 is 0 Å². The predicted molar refractivity (Wildman–Crippen MR) is 125 cm³/mol. The molecular weight excluding hydrogens is 428 g/mol. The maximum Gasteiger partial charge on any atom is 0.310 e. The van der Waals surface area contributed by atoms with E-state index in [1.54, 1.807) is 33.7 Å². The lowest BCUT2D eigenvalue weighted by molar-refractivity contribution is -0.154. The van der Waals surface area contributed by atoms with Gasteiger partial charge in [0.15, 0.2) is 0 Å². The average molecular weight is 465 g/mol. The smallest absolute Gasteiger partial charge is 0.310 e. The summed E-state index contributed by atoms with van der Waals surface area (Å²) in [5.41, 5.74) is 0. The Labute approximate surface area is 195 Å². The molecule has 2 amide bonds. The molecule has 7 nitrogen and oxygen atoms in total. The van der Waals surface area contributed by atoms with Crippen molar-refractivity contribution >= 4 is 29.5 Å². The number of nitrogens with zero attached hydrogens (tertiary/aromatic N) is 2. The highest BCUT2D eigenvalue weighted by Gasteiger charge is 2.74. The fourth-order valence-corrected chi connectivity index (χ4v) is 7.82. The monoisotopic (exact) mass is 464 g/mol. The Bertz CT molecular complexity index is 767. The van der Waals surface area contributed by atoms with Gasteiger partial charge in [-0.3, -0.25) is 14.4 Å². The lowest BCUT2D eigenvalue weighted by atomic mass is 9.71. The minimum absolute atomic E-state index is 0.0289. The number of ether oxygens (including phenoxy) is 1. The maximum atomic E-state index is 13.9. The number of fused-ring (bicyclic) bond motifs is 1. The van der Waals surface area contributed by atoms with Gasteiger partial charge in [-0.15, -0.1) is 24.9 Å². The van der Waals surface area contributed by atoms with Crippen molar-refractivity contribution in [2.45, 2.75) is 74.6 Å². The van der Waals surface area contributed by atoms with Crippen molar-refractivity contribution < 1.29 is 24.2 Å². The van der Waals surface area contributed by atoms with E-state index in [9.17, 15) is 19.5 Å². The van der Waals surface area contributed by atoms with Crippen molar-refractivity contribution in [1.82, 2.24) is 9.80 Å². The fraction of sp³-hybridized carbons (Fsp3) is 0.708. The Balaban J connectivity index is 2.03. The van der Waals surface area contributed by atoms with E-state index in [1.807, 2.05) is 20.8 Å². The van der Waals surface area contributed by atoms with Gasteiger partial charge < -0.3 is 19.6 Å². The van der Waals surface area contributed by atoms with E-state index in [2.05, 4.69) is 13.2 Å². The van der Waals surface area contributed by atoms with E-state index in [1.165, 1.54) is 0 Å². The first kappa shape index (κ1) is 24.8. The van der Waals surface area contributed by atoms with Gasteiger partial charge in [0.1, 0.15) is 6.04 Å². The first-order chi connectivity index (χ1) is 15.3. The van der Waals surface area contributed by atoms with Crippen molar-refractivity contribution in [2.24, 2.45) is 11.8 Å². The van der Waals surface area contributed by atoms with Crippen LogP contribution in [0.3, 0.4) is 0 Å². The Morgan fingerprint density at radius 3 is 2.66 bits per heavy atom. The summed E-state index contributed by atoms with van der Waals surface area (Å²) >= 11 is 1.62. The number of thioether (sulfide) groups is 1. The Morgan fingerprint density at radius 2 is 2.09 bits per heavy atom. The van der Waals surface area contributed by atoms with Crippen molar-refractivity contribution in [2.75, 3.05) is 19.8 Å². The van der Waals surface area contributed by atoms with E-state index in [4.69, 9.17) is 4.74 Å². The predicted octanol–water partition coefficient (Wildman–Crippen LogP) is 2.39. The number of hydrogen-bond donors (Lipinski definition) is 1. The van der Waals surface area contributed by atoms with Gasteiger partial charge in [0, 0.05) is 17.8 Å². The minimum atomic E-state index is -0.708. The first-order valence-corrected chi connectivity index (χ1v) is 12.5. The molecule has 178 valence electrons. The van der Waals surface area contributed by atoms with Gasteiger partial charge in [-0.1, -0.05) is 19.1 Å². The molecule has 3 aliphatic rings. The Morgan fingerprint density at radius 1 is 1.38 bits per heavy atom. The van der Waals surface area contributed by atoms with E-state index in [0.717, 1.165) is 6.42 Å². The number of aliphatic hydroxyl groups is 1. The summed E-state index contributed by atoms with van der Waals surface area (Å²) in [7, 11) is 0. The van der Waals surface area contributed by atoms with Crippen LogP contribution in [0.2, 0.25) is 0 Å². The Hall–Kier alpha value is -1.80. The lowest BCUT2D eigenvalue weighted by Crippen LogP contribution is -2.58. The molecule has 0 aromatic heterocycles. The van der Waals surface area contributed by atoms with E-state index < -0.39 is 28.7 Å². The molecule has 1 N–H and O–H groups in total. The maximum absolute atomic E-state index is 13.9. The Kier molecular flexibility index (Phi) is 7.76. The first-order valence-electron chi connectivity index (χ1n) is 11.6. The SMILES string of the molecule is C=CCCOC(=O)[C@@H]1[C@@H]2CCC3(S2)C(C(=O)N(CC=C)C(C)C)N([C@@H](CC)CO)C(=O)[C@H]13. The van der Waals surface area contributed by atoms with E-state index in [0.29, 0.717) is 25.8 Å². The molecule has 2 bridgehead atoms. The standard InChI is InChI=1S/C24H36N2O5S/c1-6-9-13-31-23(30)18-17-10-11-24(32-17)19(18)21(28)26(16(8-3)14-27)20(24)22(29)25(12-7-2)15(4)5/h6-7,15-20,27H,1-2,8-14H2,3-5H3/t16-,17-,18+,19-,20?,24?/m0/s1. The summed E-state index contributed by atoms with van der Waals surface area (Å²) in [5, 5.41) is 10.0. The molecular formula is C24H36N2O5S. The van der Waals surface area contributed by atoms with Crippen molar-refractivity contribution in [1.29, 1.82) is 0 Å². The van der Waals surface area contributed by atoms with Gasteiger partial charge in [0.25, 0.3) is 0 Å². The van der Waals surface area contributed by atoms with Gasteiger partial charge in [0.2, 0.25) is 11.8 Å². The van der Waals surface area contributed by atoms with Gasteiger partial charge in [0.05, 0.1) is 35.8 Å². The number of aliphatic hydroxyl groups excluding tert-OH is 1. The van der Waals surface area contributed by atoms with Crippen LogP contribution in [0.4, 0.5) is 0 Å². The molecule has 3 rings (SSSR count). The highest BCUT2D eigenvalue weighted by Crippen LogP contribution is 2.67. The number of likely N-dealkylation sites (tertiary alicyclic amines) is 1. The van der Waals surface area contributed by atoms with Crippen molar-refractivity contribution in [3.05, 3.63) is 25.3 Å². The molecule has 0 aromatic carbocycles. The molecule has 1 spiro atoms. The normalized spacial score (nSPS) is 31.5. The van der Waals surface area contributed by atoms with Crippen LogP contribution in [-0.2, 0) is 19.1 Å². The number of esters is 1. The van der Waals surface area contributed by atoms with Gasteiger partial charge in [-0.25, -0.2) is 0 Å². The van der Waals surface area contributed by atoms with Crippen LogP contribution in [0.25, 0.3) is 0 Å². The summed E-state index contributed by atoms with van der Waals surface area (Å²) in [6.07, 6.45) is 5.93. The number of amides is 2. The molecule has 3 heterocycles. The van der Waals surface area contributed by atoms with Gasteiger partial charge >= 0.3 is 5.97 Å². The van der Waals surface area contributed by atoms with Crippen LogP contribution in [-0.4, -0.2) is 80.6 Å². The zero-order valence-electron chi connectivity index (χ0n) is 19.4. The summed E-state index contributed by atoms with van der Waals surface area (Å²) in [4.78, 5) is 44.1. The summed E-state index contributed by atoms with van der Waals surface area (Å²) in [6, 6.07) is -1.24. The van der Waals surface area contributed by atoms with E-state index in [-0.39, 0.29) is 42.3 Å². The quantitative estimate of drug-likeness (QED) is 0.287. The largest absolute Gasteiger partial charge is 0.465 e. The van der Waals surface area contributed by atoms with Crippen LogP contribution < -0.4 is 0 Å². The topological polar surface area (TPSA) is 87.2 Å². The fourth-order valence-electron chi connectivity index (χ4n) is 5.64. The molecule has 8 heteroatoms.